The zero-order valence-electron chi connectivity index (χ0n) is 30.3. The first kappa shape index (κ1) is 40.0. The highest BCUT2D eigenvalue weighted by atomic mass is 16.6. The normalized spacial score (nSPS) is 15.7. The molecule has 0 saturated heterocycles. The van der Waals surface area contributed by atoms with Gasteiger partial charge in [0, 0.05) is 0 Å². The first-order chi connectivity index (χ1) is 26.3. The van der Waals surface area contributed by atoms with E-state index < -0.39 is 32.4 Å². The van der Waals surface area contributed by atoms with E-state index in [9.17, 15) is 19.6 Å². The SMILES string of the molecule is CCOC(=O)CC1OB(O)c2cc(Oc3cnc(C(=N)N)cn3)cc(C)c21.CCOC(=O)CC1OB(O)c2cc(Oc3cnc(C(N)=NO)cn3)cc(C)c21. The first-order valence-electron chi connectivity index (χ1n) is 16.9. The molecule has 0 amide bonds. The van der Waals surface area contributed by atoms with Crippen molar-refractivity contribution >= 4 is 48.8 Å². The number of nitrogens with zero attached hydrogens (tertiary/aromatic N) is 5. The van der Waals surface area contributed by atoms with Crippen molar-refractivity contribution < 1.29 is 53.1 Å². The third-order valence-corrected chi connectivity index (χ3v) is 8.21. The van der Waals surface area contributed by atoms with Crippen molar-refractivity contribution in [2.45, 2.75) is 52.7 Å². The summed E-state index contributed by atoms with van der Waals surface area (Å²) < 4.78 is 32.3. The second kappa shape index (κ2) is 17.8. The Hall–Kier alpha value is -6.15. The largest absolute Gasteiger partial charge is 0.492 e. The summed E-state index contributed by atoms with van der Waals surface area (Å²) in [4.78, 5) is 39.6. The number of fused-ring (bicyclic) bond motifs is 2. The van der Waals surface area contributed by atoms with E-state index in [4.69, 9.17) is 50.3 Å². The van der Waals surface area contributed by atoms with Crippen LogP contribution in [0.25, 0.3) is 0 Å². The van der Waals surface area contributed by atoms with Crippen molar-refractivity contribution in [3.8, 4) is 23.3 Å². The van der Waals surface area contributed by atoms with E-state index in [1.54, 1.807) is 38.1 Å². The summed E-state index contributed by atoms with van der Waals surface area (Å²) in [7, 11) is -2.33. The van der Waals surface area contributed by atoms with Crippen LogP contribution in [0.2, 0.25) is 0 Å². The Bertz CT molecular complexity index is 2070. The van der Waals surface area contributed by atoms with Gasteiger partial charge in [0.05, 0.1) is 63.1 Å². The lowest BCUT2D eigenvalue weighted by Gasteiger charge is -2.14. The van der Waals surface area contributed by atoms with Crippen LogP contribution in [-0.2, 0) is 28.4 Å². The summed E-state index contributed by atoms with van der Waals surface area (Å²) in [6.45, 7) is 7.70. The maximum Gasteiger partial charge on any atom is 0.492 e. The summed E-state index contributed by atoms with van der Waals surface area (Å²) in [5.41, 5.74) is 15.4. The molecule has 55 heavy (non-hydrogen) atoms. The number of hydrogen-bond donors (Lipinski definition) is 6. The predicted octanol–water partition coefficient (Wildman–Crippen LogP) is 0.957. The molecular formula is C34H38B2N8O11. The Morgan fingerprint density at radius 3 is 1.56 bits per heavy atom. The summed E-state index contributed by atoms with van der Waals surface area (Å²) in [6, 6.07) is 6.77. The van der Waals surface area contributed by atoms with E-state index in [2.05, 4.69) is 25.1 Å². The maximum absolute atomic E-state index is 11.8. The third-order valence-electron chi connectivity index (χ3n) is 8.21. The van der Waals surface area contributed by atoms with Gasteiger partial charge in [-0.05, 0) is 85.1 Å². The van der Waals surface area contributed by atoms with Gasteiger partial charge in [0.15, 0.2) is 5.84 Å². The number of carbonyl (C=O) groups is 2. The summed E-state index contributed by atoms with van der Waals surface area (Å²) >= 11 is 0. The van der Waals surface area contributed by atoms with Crippen molar-refractivity contribution in [2.75, 3.05) is 13.2 Å². The molecule has 0 radical (unpaired) electrons. The number of carbonyl (C=O) groups excluding carboxylic acids is 2. The number of esters is 2. The quantitative estimate of drug-likeness (QED) is 0.0293. The minimum Gasteiger partial charge on any atom is -0.466 e. The molecular weight excluding hydrogens is 718 g/mol. The fourth-order valence-corrected chi connectivity index (χ4v) is 5.93. The van der Waals surface area contributed by atoms with Crippen LogP contribution in [0.15, 0.2) is 54.2 Å². The number of ether oxygens (including phenoxy) is 4. The van der Waals surface area contributed by atoms with Crippen LogP contribution in [0.3, 0.4) is 0 Å². The van der Waals surface area contributed by atoms with E-state index in [1.807, 2.05) is 13.8 Å². The van der Waals surface area contributed by atoms with Crippen LogP contribution in [0.5, 0.6) is 23.3 Å². The van der Waals surface area contributed by atoms with Gasteiger partial charge in [-0.15, -0.1) is 0 Å². The lowest BCUT2D eigenvalue weighted by atomic mass is 9.77. The zero-order chi connectivity index (χ0) is 39.8. The average molecular weight is 756 g/mol. The monoisotopic (exact) mass is 756 g/mol. The molecule has 0 aliphatic carbocycles. The molecule has 6 rings (SSSR count). The van der Waals surface area contributed by atoms with Gasteiger partial charge in [0.1, 0.15) is 28.7 Å². The van der Waals surface area contributed by atoms with Gasteiger partial charge in [-0.2, -0.15) is 0 Å². The average Bonchev–Trinajstić information content (AvgIpc) is 3.63. The van der Waals surface area contributed by atoms with Gasteiger partial charge in [0.25, 0.3) is 0 Å². The van der Waals surface area contributed by atoms with Gasteiger partial charge >= 0.3 is 26.2 Å². The smallest absolute Gasteiger partial charge is 0.466 e. The summed E-state index contributed by atoms with van der Waals surface area (Å²) in [5, 5.41) is 39.2. The number of nitrogens with two attached hydrogens (primary N) is 2. The minimum absolute atomic E-state index is 0.0136. The molecule has 2 aromatic heterocycles. The summed E-state index contributed by atoms with van der Waals surface area (Å²) in [5.74, 6) is 0.130. The molecule has 0 bridgehead atoms. The Morgan fingerprint density at radius 2 is 1.20 bits per heavy atom. The second-order valence-corrected chi connectivity index (χ2v) is 12.0. The fourth-order valence-electron chi connectivity index (χ4n) is 5.93. The van der Waals surface area contributed by atoms with Crippen LogP contribution < -0.4 is 31.9 Å². The lowest BCUT2D eigenvalue weighted by molar-refractivity contribution is -0.146. The second-order valence-electron chi connectivity index (χ2n) is 12.0. The van der Waals surface area contributed by atoms with Crippen molar-refractivity contribution in [3.63, 3.8) is 0 Å². The van der Waals surface area contributed by atoms with E-state index >= 15 is 0 Å². The maximum atomic E-state index is 11.8. The molecule has 0 saturated carbocycles. The highest BCUT2D eigenvalue weighted by molar-refractivity contribution is 6.62. The van der Waals surface area contributed by atoms with Crippen molar-refractivity contribution in [2.24, 2.45) is 16.6 Å². The Kier molecular flexibility index (Phi) is 12.9. The summed E-state index contributed by atoms with van der Waals surface area (Å²) in [6.07, 6.45) is 4.21. The topological polar surface area (TPSA) is 290 Å². The molecule has 2 aliphatic rings. The van der Waals surface area contributed by atoms with Crippen molar-refractivity contribution in [1.29, 1.82) is 5.41 Å². The van der Waals surface area contributed by atoms with Gasteiger partial charge in [-0.1, -0.05) is 5.16 Å². The molecule has 2 unspecified atom stereocenters. The van der Waals surface area contributed by atoms with Crippen LogP contribution >= 0.6 is 0 Å². The van der Waals surface area contributed by atoms with E-state index in [0.717, 1.165) is 22.3 Å². The molecule has 0 spiro atoms. The van der Waals surface area contributed by atoms with Gasteiger partial charge in [0.2, 0.25) is 11.8 Å². The predicted molar refractivity (Wildman–Crippen MR) is 195 cm³/mol. The van der Waals surface area contributed by atoms with Crippen LogP contribution in [0.4, 0.5) is 0 Å². The molecule has 21 heteroatoms. The zero-order valence-corrected chi connectivity index (χ0v) is 30.3. The molecule has 8 N–H and O–H groups in total. The Morgan fingerprint density at radius 1 is 0.764 bits per heavy atom. The van der Waals surface area contributed by atoms with Gasteiger partial charge in [-0.25, -0.2) is 19.9 Å². The van der Waals surface area contributed by atoms with Crippen LogP contribution in [-0.4, -0.2) is 86.3 Å². The molecule has 4 aromatic rings. The molecule has 2 atom stereocenters. The molecule has 0 fully saturated rings. The number of aryl methyl sites for hydroxylation is 2. The first-order valence-corrected chi connectivity index (χ1v) is 16.9. The molecule has 286 valence electrons. The number of nitrogen functional groups attached to an aromatic ring is 1. The van der Waals surface area contributed by atoms with Crippen molar-refractivity contribution in [1.82, 2.24) is 19.9 Å². The fraction of sp³-hybridized carbons (Fsp3) is 0.294. The lowest BCUT2D eigenvalue weighted by Crippen LogP contribution is -2.28. The number of amidine groups is 2. The number of hydrogen-bond acceptors (Lipinski definition) is 17. The van der Waals surface area contributed by atoms with E-state index in [0.29, 0.717) is 22.4 Å². The molecule has 4 heterocycles. The minimum atomic E-state index is -1.18. The standard InChI is InChI=1S/C17H19BN4O6.C17H19BN4O5/c1-3-26-15(23)6-13-16-9(2)4-10(5-11(16)18(24)28-13)27-14-8-20-12(7-21-14)17(19)22-25;1-3-25-15(23)6-13-16-9(2)4-10(5-11(16)18(24)27-13)26-14-8-21-12(7-22-14)17(19)20/h4-5,7-8,13,24-25H,3,6H2,1-2H3,(H2,19,22);4-5,7-8,13,24H,3,6H2,1-2H3,(H3,19,20). The number of nitrogens with one attached hydrogen (secondary N) is 1. The van der Waals surface area contributed by atoms with Crippen LogP contribution in [0, 0.1) is 19.3 Å². The molecule has 2 aliphatic heterocycles. The number of aromatic nitrogens is 4. The van der Waals surface area contributed by atoms with Crippen molar-refractivity contribution in [3.05, 3.63) is 82.7 Å². The number of benzene rings is 2. The molecule has 2 aromatic carbocycles. The van der Waals surface area contributed by atoms with E-state index in [-0.39, 0.29) is 66.8 Å². The number of rotatable bonds is 12. The number of oxime groups is 1. The van der Waals surface area contributed by atoms with Gasteiger partial charge in [-0.3, -0.25) is 15.0 Å². The van der Waals surface area contributed by atoms with Crippen LogP contribution in [0.1, 0.15) is 72.5 Å². The van der Waals surface area contributed by atoms with E-state index in [1.165, 1.54) is 24.8 Å². The van der Waals surface area contributed by atoms with Gasteiger partial charge < -0.3 is 55.0 Å². The Labute approximate surface area is 315 Å². The third kappa shape index (κ3) is 9.70. The Balaban J connectivity index is 0.000000211. The highest BCUT2D eigenvalue weighted by Crippen LogP contribution is 2.34. The highest BCUT2D eigenvalue weighted by Gasteiger charge is 2.39. The molecule has 19 nitrogen and oxygen atoms in total.